The van der Waals surface area contributed by atoms with Crippen LogP contribution in [0.3, 0.4) is 0 Å². The summed E-state index contributed by atoms with van der Waals surface area (Å²) in [7, 11) is 0. The lowest BCUT2D eigenvalue weighted by Crippen LogP contribution is -2.51. The van der Waals surface area contributed by atoms with Crippen molar-refractivity contribution in [3.05, 3.63) is 88.4 Å². The summed E-state index contributed by atoms with van der Waals surface area (Å²) < 4.78 is 38.5. The van der Waals surface area contributed by atoms with Crippen LogP contribution in [0.2, 0.25) is 0 Å². The molecule has 38 heavy (non-hydrogen) atoms. The fourth-order valence-electron chi connectivity index (χ4n) is 3.48. The SMILES string of the molecule is CC1=CC(=O)C2(N)C=CN3C=CC=C4/N=C/C=N/C=C\[N+](=O)/C(C)=C/C(=O)C1=C2OC43.O=C(O)C(F)(F)F. The average molecular weight is 532 g/mol. The fraction of sp³-hybridized carbons (Fsp3) is 0.208. The van der Waals surface area contributed by atoms with Crippen molar-refractivity contribution in [2.24, 2.45) is 15.7 Å². The van der Waals surface area contributed by atoms with Gasteiger partial charge < -0.3 is 20.5 Å². The van der Waals surface area contributed by atoms with E-state index in [2.05, 4.69) is 9.98 Å². The molecule has 2 atom stereocenters. The number of alkyl halides is 3. The number of carboxylic acids is 1. The van der Waals surface area contributed by atoms with E-state index in [-0.39, 0.29) is 17.0 Å². The summed E-state index contributed by atoms with van der Waals surface area (Å²) in [5, 5.41) is 7.12. The highest BCUT2D eigenvalue weighted by molar-refractivity contribution is 6.16. The molecule has 3 aliphatic heterocycles. The first-order valence-electron chi connectivity index (χ1n) is 10.8. The van der Waals surface area contributed by atoms with Gasteiger partial charge in [-0.2, -0.15) is 13.2 Å². The summed E-state index contributed by atoms with van der Waals surface area (Å²) in [6.45, 7) is 3.12. The Morgan fingerprint density at radius 3 is 2.55 bits per heavy atom. The molecule has 4 aliphatic rings. The molecule has 198 valence electrons. The first-order valence-corrected chi connectivity index (χ1v) is 10.8. The van der Waals surface area contributed by atoms with Crippen LogP contribution in [0.5, 0.6) is 0 Å². The number of aliphatic imine (C=N–C) groups is 2. The Morgan fingerprint density at radius 2 is 1.89 bits per heavy atom. The topological polar surface area (TPSA) is 155 Å². The molecule has 11 nitrogen and oxygen atoms in total. The van der Waals surface area contributed by atoms with Crippen molar-refractivity contribution in [3.63, 3.8) is 0 Å². The van der Waals surface area contributed by atoms with Crippen molar-refractivity contribution in [1.29, 1.82) is 0 Å². The number of carboxylic acid groups (broad SMARTS) is 1. The second kappa shape index (κ2) is 10.7. The molecule has 2 unspecified atom stereocenters. The van der Waals surface area contributed by atoms with Gasteiger partial charge in [0.15, 0.2) is 17.1 Å². The van der Waals surface area contributed by atoms with Gasteiger partial charge in [-0.25, -0.2) is 4.79 Å². The van der Waals surface area contributed by atoms with Gasteiger partial charge in [0.05, 0.1) is 22.6 Å². The van der Waals surface area contributed by atoms with Crippen LogP contribution in [0.4, 0.5) is 13.2 Å². The monoisotopic (exact) mass is 532 g/mol. The maximum Gasteiger partial charge on any atom is 0.490 e. The molecule has 0 radical (unpaired) electrons. The van der Waals surface area contributed by atoms with Crippen molar-refractivity contribution in [2.45, 2.75) is 31.8 Å². The zero-order chi connectivity index (χ0) is 28.3. The number of hydrogen-bond acceptors (Lipinski definition) is 9. The number of carbonyl (C=O) groups is 3. The van der Waals surface area contributed by atoms with Crippen LogP contribution in [0.25, 0.3) is 0 Å². The molecule has 0 fully saturated rings. The molecule has 1 aliphatic carbocycles. The first kappa shape index (κ1) is 27.9. The van der Waals surface area contributed by atoms with Crippen molar-refractivity contribution in [1.82, 2.24) is 4.90 Å². The minimum atomic E-state index is -5.08. The lowest BCUT2D eigenvalue weighted by molar-refractivity contribution is -0.423. The summed E-state index contributed by atoms with van der Waals surface area (Å²) in [4.78, 5) is 57.2. The van der Waals surface area contributed by atoms with E-state index in [0.717, 1.165) is 0 Å². The van der Waals surface area contributed by atoms with E-state index in [9.17, 15) is 27.7 Å². The molecule has 14 heteroatoms. The van der Waals surface area contributed by atoms with Gasteiger partial charge in [0.1, 0.15) is 11.5 Å². The molecule has 2 bridgehead atoms. The maximum absolute atomic E-state index is 13.2. The van der Waals surface area contributed by atoms with Crippen molar-refractivity contribution >= 4 is 30.0 Å². The number of hydrogen-bond donors (Lipinski definition) is 2. The van der Waals surface area contributed by atoms with Gasteiger partial charge in [-0.15, -0.1) is 0 Å². The minimum Gasteiger partial charge on any atom is -0.475 e. The Balaban J connectivity index is 0.000000505. The van der Waals surface area contributed by atoms with Gasteiger partial charge in [0, 0.05) is 36.7 Å². The number of ketones is 2. The maximum atomic E-state index is 13.2. The normalized spacial score (nSPS) is 28.7. The number of nitrogens with zero attached hydrogens (tertiary/aromatic N) is 4. The number of nitrogens with two attached hydrogens (primary N) is 1. The summed E-state index contributed by atoms with van der Waals surface area (Å²) in [6, 6.07) is 0. The highest BCUT2D eigenvalue weighted by atomic mass is 19.4. The standard InChI is InChI=1S/C22H20N5O4.C2HF3O2/c1-14-12-18(29)22(23)5-10-26-9-3-4-16-21(26)31-20(22)19(14)17(28)13-15(2)27(30)11-8-24-6-7-25-16;3-2(4,5)1(6)7/h3-13,21H,23H2,1-2H3;(H,6,7)/q+1;/b11-8-,15-13+,24-6+,25-7+;. The predicted molar refractivity (Wildman–Crippen MR) is 128 cm³/mol. The van der Waals surface area contributed by atoms with Gasteiger partial charge in [-0.1, -0.05) is 0 Å². The molecule has 3 heterocycles. The first-order chi connectivity index (χ1) is 17.8. The van der Waals surface area contributed by atoms with Crippen LogP contribution in [-0.2, 0) is 19.1 Å². The number of aliphatic carboxylic acids is 1. The number of rotatable bonds is 0. The van der Waals surface area contributed by atoms with Crippen LogP contribution in [0.15, 0.2) is 93.5 Å². The van der Waals surface area contributed by atoms with Gasteiger partial charge in [0.2, 0.25) is 18.1 Å². The number of halogens is 3. The predicted octanol–water partition coefficient (Wildman–Crippen LogP) is 2.56. The third-order valence-electron chi connectivity index (χ3n) is 5.38. The van der Waals surface area contributed by atoms with Gasteiger partial charge in [-0.3, -0.25) is 19.6 Å². The highest BCUT2D eigenvalue weighted by Crippen LogP contribution is 2.38. The van der Waals surface area contributed by atoms with Crippen LogP contribution in [-0.4, -0.2) is 62.7 Å². The smallest absolute Gasteiger partial charge is 0.475 e. The second-order valence-corrected chi connectivity index (χ2v) is 8.08. The van der Waals surface area contributed by atoms with E-state index in [1.807, 2.05) is 0 Å². The second-order valence-electron chi connectivity index (χ2n) is 8.08. The van der Waals surface area contributed by atoms with E-state index < -0.39 is 35.5 Å². The zero-order valence-electron chi connectivity index (χ0n) is 19.9. The van der Waals surface area contributed by atoms with Gasteiger partial charge >= 0.3 is 12.1 Å². The Hall–Kier alpha value is -4.72. The quantitative estimate of drug-likeness (QED) is 0.451. The molecule has 0 aromatic rings. The summed E-state index contributed by atoms with van der Waals surface area (Å²) in [5.41, 5.74) is 5.99. The van der Waals surface area contributed by atoms with Crippen molar-refractivity contribution in [2.75, 3.05) is 0 Å². The Bertz CT molecular complexity index is 1360. The lowest BCUT2D eigenvalue weighted by atomic mass is 9.80. The fourth-order valence-corrected chi connectivity index (χ4v) is 3.48. The molecule has 3 N–H and O–H groups in total. The Morgan fingerprint density at radius 1 is 1.21 bits per heavy atom. The molecule has 4 rings (SSSR count). The molecule has 0 aromatic heterocycles. The molecule has 0 aromatic carbocycles. The largest absolute Gasteiger partial charge is 0.490 e. The highest BCUT2D eigenvalue weighted by Gasteiger charge is 2.46. The third-order valence-corrected chi connectivity index (χ3v) is 5.38. The number of ether oxygens (including phenoxy) is 1. The van der Waals surface area contributed by atoms with Gasteiger partial charge in [-0.05, 0) is 36.8 Å². The van der Waals surface area contributed by atoms with Crippen LogP contribution >= 0.6 is 0 Å². The Labute approximate surface area is 213 Å². The van der Waals surface area contributed by atoms with Crippen LogP contribution in [0, 0.1) is 4.91 Å². The molecular formula is C24H21F3N5O6+. The minimum absolute atomic E-state index is 0.0169. The summed E-state index contributed by atoms with van der Waals surface area (Å²) in [6.07, 6.45) is 10.4. The molecular weight excluding hydrogens is 511 g/mol. The lowest BCUT2D eigenvalue weighted by Gasteiger charge is -2.34. The molecule has 0 saturated carbocycles. The van der Waals surface area contributed by atoms with Crippen LogP contribution < -0.4 is 5.73 Å². The summed E-state index contributed by atoms with van der Waals surface area (Å²) in [5.74, 6) is -3.65. The number of nitroso groups, excluding NO2 is 1. The number of carbonyl (C=O) groups excluding carboxylic acids is 2. The van der Waals surface area contributed by atoms with E-state index >= 15 is 0 Å². The zero-order valence-corrected chi connectivity index (χ0v) is 19.9. The molecule has 0 amide bonds. The van der Waals surface area contributed by atoms with E-state index in [4.69, 9.17) is 20.4 Å². The van der Waals surface area contributed by atoms with Crippen LogP contribution in [0.1, 0.15) is 13.8 Å². The van der Waals surface area contributed by atoms with Crippen molar-refractivity contribution < 1.29 is 42.2 Å². The van der Waals surface area contributed by atoms with E-state index in [1.165, 1.54) is 50.0 Å². The van der Waals surface area contributed by atoms with Gasteiger partial charge in [0.25, 0.3) is 0 Å². The average Bonchev–Trinajstić information content (AvgIpc) is 2.98. The third kappa shape index (κ3) is 5.81. The van der Waals surface area contributed by atoms with E-state index in [0.29, 0.717) is 16.0 Å². The molecule has 0 saturated heterocycles. The van der Waals surface area contributed by atoms with Crippen molar-refractivity contribution in [3.8, 4) is 0 Å². The number of allylic oxidation sites excluding steroid dienone is 6. The van der Waals surface area contributed by atoms with E-state index in [1.54, 1.807) is 36.4 Å². The Kier molecular flexibility index (Phi) is 7.86. The summed E-state index contributed by atoms with van der Waals surface area (Å²) >= 11 is 0. The molecule has 0 spiro atoms.